The van der Waals surface area contributed by atoms with Gasteiger partial charge in [0.05, 0.1) is 6.61 Å². The number of nitrogens with one attached hydrogen (secondary N) is 1. The predicted molar refractivity (Wildman–Crippen MR) is 77.2 cm³/mol. The maximum absolute atomic E-state index is 5.54. The van der Waals surface area contributed by atoms with Gasteiger partial charge in [-0.05, 0) is 37.3 Å². The highest BCUT2D eigenvalue weighted by Crippen LogP contribution is 2.32. The average molecular weight is 247 g/mol. The zero-order valence-corrected chi connectivity index (χ0v) is 11.8. The summed E-state index contributed by atoms with van der Waals surface area (Å²) in [6.45, 7) is 7.48. The lowest BCUT2D eigenvalue weighted by Gasteiger charge is -2.35. The van der Waals surface area contributed by atoms with Crippen molar-refractivity contribution in [2.75, 3.05) is 11.9 Å². The lowest BCUT2D eigenvalue weighted by molar-refractivity contribution is 0.253. The van der Waals surface area contributed by atoms with Gasteiger partial charge in [0.1, 0.15) is 5.75 Å². The second-order valence-electron chi connectivity index (χ2n) is 5.48. The summed E-state index contributed by atoms with van der Waals surface area (Å²) in [5.41, 5.74) is 1.19. The van der Waals surface area contributed by atoms with E-state index < -0.39 is 0 Å². The predicted octanol–water partition coefficient (Wildman–Crippen LogP) is 4.32. The number of hydrogen-bond donors (Lipinski definition) is 1. The van der Waals surface area contributed by atoms with E-state index in [1.807, 2.05) is 13.0 Å². The maximum atomic E-state index is 5.54. The maximum Gasteiger partial charge on any atom is 0.121 e. The van der Waals surface area contributed by atoms with Crippen LogP contribution in [-0.4, -0.2) is 12.6 Å². The fourth-order valence-corrected chi connectivity index (χ4v) is 2.84. The first kappa shape index (κ1) is 13.3. The van der Waals surface area contributed by atoms with Gasteiger partial charge in [0, 0.05) is 17.8 Å². The molecular formula is C16H25NO. The molecule has 0 bridgehead atoms. The van der Waals surface area contributed by atoms with Crippen molar-refractivity contribution in [3.05, 3.63) is 24.3 Å². The molecule has 100 valence electrons. The second kappa shape index (κ2) is 6.12. The van der Waals surface area contributed by atoms with Crippen molar-refractivity contribution >= 4 is 5.69 Å². The van der Waals surface area contributed by atoms with Crippen molar-refractivity contribution < 1.29 is 4.74 Å². The molecule has 3 atom stereocenters. The molecule has 1 fully saturated rings. The third kappa shape index (κ3) is 3.18. The molecule has 0 heterocycles. The molecule has 3 unspecified atom stereocenters. The fourth-order valence-electron chi connectivity index (χ4n) is 2.84. The van der Waals surface area contributed by atoms with Crippen LogP contribution in [0, 0.1) is 11.8 Å². The standard InChI is InChI=1S/C16H25NO/c1-4-18-15-9-6-8-14(11-15)17-16-10-5-7-12(2)13(16)3/h6,8-9,11-13,16-17H,4-5,7,10H2,1-3H3. The van der Waals surface area contributed by atoms with Crippen LogP contribution in [0.5, 0.6) is 5.75 Å². The summed E-state index contributed by atoms with van der Waals surface area (Å²) < 4.78 is 5.54. The Morgan fingerprint density at radius 2 is 2.11 bits per heavy atom. The summed E-state index contributed by atoms with van der Waals surface area (Å²) in [6.07, 6.45) is 4.00. The Bertz CT molecular complexity index is 377. The van der Waals surface area contributed by atoms with Crippen molar-refractivity contribution in [3.63, 3.8) is 0 Å². The first-order chi connectivity index (χ1) is 8.70. The summed E-state index contributed by atoms with van der Waals surface area (Å²) >= 11 is 0. The van der Waals surface area contributed by atoms with Crippen LogP contribution in [0.2, 0.25) is 0 Å². The van der Waals surface area contributed by atoms with E-state index >= 15 is 0 Å². The molecule has 2 rings (SSSR count). The Labute approximate surface area is 111 Å². The molecule has 2 nitrogen and oxygen atoms in total. The van der Waals surface area contributed by atoms with Gasteiger partial charge in [0.2, 0.25) is 0 Å². The van der Waals surface area contributed by atoms with E-state index in [-0.39, 0.29) is 0 Å². The molecule has 0 spiro atoms. The van der Waals surface area contributed by atoms with Crippen molar-refractivity contribution in [2.45, 2.75) is 46.1 Å². The first-order valence-corrected chi connectivity index (χ1v) is 7.20. The van der Waals surface area contributed by atoms with Gasteiger partial charge in [-0.3, -0.25) is 0 Å². The molecule has 1 saturated carbocycles. The third-order valence-corrected chi connectivity index (χ3v) is 4.20. The molecule has 0 aliphatic heterocycles. The molecule has 1 aliphatic rings. The van der Waals surface area contributed by atoms with E-state index in [1.54, 1.807) is 0 Å². The minimum absolute atomic E-state index is 0.602. The third-order valence-electron chi connectivity index (χ3n) is 4.20. The quantitative estimate of drug-likeness (QED) is 0.855. The Balaban J connectivity index is 2.01. The molecule has 0 radical (unpaired) electrons. The van der Waals surface area contributed by atoms with Crippen molar-refractivity contribution in [1.29, 1.82) is 0 Å². The monoisotopic (exact) mass is 247 g/mol. The number of hydrogen-bond acceptors (Lipinski definition) is 2. The Morgan fingerprint density at radius 1 is 1.28 bits per heavy atom. The minimum atomic E-state index is 0.602. The Morgan fingerprint density at radius 3 is 2.89 bits per heavy atom. The largest absolute Gasteiger partial charge is 0.494 e. The van der Waals surface area contributed by atoms with Crippen LogP contribution in [0.3, 0.4) is 0 Å². The van der Waals surface area contributed by atoms with Crippen molar-refractivity contribution in [2.24, 2.45) is 11.8 Å². The second-order valence-corrected chi connectivity index (χ2v) is 5.48. The Hall–Kier alpha value is -1.18. The van der Waals surface area contributed by atoms with Gasteiger partial charge in [-0.25, -0.2) is 0 Å². The van der Waals surface area contributed by atoms with Gasteiger partial charge in [0.25, 0.3) is 0 Å². The molecule has 1 aromatic rings. The zero-order chi connectivity index (χ0) is 13.0. The SMILES string of the molecule is CCOc1cccc(NC2CCCC(C)C2C)c1. The highest BCUT2D eigenvalue weighted by Gasteiger charge is 2.26. The fraction of sp³-hybridized carbons (Fsp3) is 0.625. The van der Waals surface area contributed by atoms with E-state index in [1.165, 1.54) is 24.9 Å². The molecule has 2 heteroatoms. The minimum Gasteiger partial charge on any atom is -0.494 e. The normalized spacial score (nSPS) is 27.8. The molecule has 1 aromatic carbocycles. The van der Waals surface area contributed by atoms with E-state index in [0.717, 1.165) is 24.2 Å². The van der Waals surface area contributed by atoms with E-state index in [2.05, 4.69) is 37.4 Å². The van der Waals surface area contributed by atoms with Gasteiger partial charge in [-0.1, -0.05) is 32.8 Å². The lowest BCUT2D eigenvalue weighted by atomic mass is 9.78. The summed E-state index contributed by atoms with van der Waals surface area (Å²) in [4.78, 5) is 0. The lowest BCUT2D eigenvalue weighted by Crippen LogP contribution is -2.34. The molecule has 1 N–H and O–H groups in total. The first-order valence-electron chi connectivity index (χ1n) is 7.20. The number of benzene rings is 1. The number of anilines is 1. The average Bonchev–Trinajstić information content (AvgIpc) is 2.36. The topological polar surface area (TPSA) is 21.3 Å². The summed E-state index contributed by atoms with van der Waals surface area (Å²) in [5, 5.41) is 3.68. The van der Waals surface area contributed by atoms with Crippen molar-refractivity contribution in [1.82, 2.24) is 0 Å². The molecule has 1 aliphatic carbocycles. The molecule has 0 saturated heterocycles. The van der Waals surface area contributed by atoms with Crippen LogP contribution in [0.15, 0.2) is 24.3 Å². The highest BCUT2D eigenvalue weighted by molar-refractivity contribution is 5.49. The van der Waals surface area contributed by atoms with Gasteiger partial charge >= 0.3 is 0 Å². The molecule has 18 heavy (non-hydrogen) atoms. The molecule has 0 aromatic heterocycles. The van der Waals surface area contributed by atoms with E-state index in [0.29, 0.717) is 6.04 Å². The van der Waals surface area contributed by atoms with E-state index in [9.17, 15) is 0 Å². The van der Waals surface area contributed by atoms with Crippen LogP contribution in [-0.2, 0) is 0 Å². The van der Waals surface area contributed by atoms with Gasteiger partial charge in [-0.2, -0.15) is 0 Å². The summed E-state index contributed by atoms with van der Waals surface area (Å²) in [6, 6.07) is 8.92. The zero-order valence-electron chi connectivity index (χ0n) is 11.8. The van der Waals surface area contributed by atoms with Crippen molar-refractivity contribution in [3.8, 4) is 5.75 Å². The summed E-state index contributed by atoms with van der Waals surface area (Å²) in [7, 11) is 0. The Kier molecular flexibility index (Phi) is 4.51. The van der Waals surface area contributed by atoms with Crippen LogP contribution < -0.4 is 10.1 Å². The smallest absolute Gasteiger partial charge is 0.121 e. The van der Waals surface area contributed by atoms with Crippen LogP contribution in [0.25, 0.3) is 0 Å². The van der Waals surface area contributed by atoms with Crippen LogP contribution in [0.1, 0.15) is 40.0 Å². The number of rotatable bonds is 4. The highest BCUT2D eigenvalue weighted by atomic mass is 16.5. The molecular weight excluding hydrogens is 222 g/mol. The van der Waals surface area contributed by atoms with Gasteiger partial charge < -0.3 is 10.1 Å². The van der Waals surface area contributed by atoms with E-state index in [4.69, 9.17) is 4.74 Å². The van der Waals surface area contributed by atoms with Gasteiger partial charge in [-0.15, -0.1) is 0 Å². The van der Waals surface area contributed by atoms with Crippen LogP contribution >= 0.6 is 0 Å². The molecule has 0 amide bonds. The summed E-state index contributed by atoms with van der Waals surface area (Å²) in [5.74, 6) is 2.53. The number of ether oxygens (including phenoxy) is 1. The van der Waals surface area contributed by atoms with Gasteiger partial charge in [0.15, 0.2) is 0 Å². The van der Waals surface area contributed by atoms with Crippen LogP contribution in [0.4, 0.5) is 5.69 Å².